The molecule has 0 atom stereocenters. The van der Waals surface area contributed by atoms with Gasteiger partial charge >= 0.3 is 0 Å². The number of anilines is 1. The minimum atomic E-state index is 0.421. The Balaban J connectivity index is 1.69. The number of thiocarbonyl (C=S) groups is 1. The molecule has 22 heavy (non-hydrogen) atoms. The van der Waals surface area contributed by atoms with Gasteiger partial charge in [-0.25, -0.2) is 4.68 Å². The molecular formula is C14H11Cl2N5S. The van der Waals surface area contributed by atoms with Gasteiger partial charge < -0.3 is 5.32 Å². The van der Waals surface area contributed by atoms with E-state index in [1.165, 1.54) is 10.9 Å². The first-order valence-corrected chi connectivity index (χ1v) is 7.55. The standard InChI is InChI=1S/C14H11Cl2N5S/c15-11-5-18-21(8-11)14(22)19-12-6-17-20(9-12)7-10-3-1-2-4-13(10)16/h1-6,8-9H,7H2,(H,19,22). The smallest absolute Gasteiger partial charge is 0.198 e. The maximum absolute atomic E-state index is 6.15. The Hall–Kier alpha value is -1.89. The molecule has 8 heteroatoms. The van der Waals surface area contributed by atoms with Crippen LogP contribution in [0.4, 0.5) is 5.69 Å². The maximum atomic E-state index is 6.15. The Morgan fingerprint density at radius 3 is 2.68 bits per heavy atom. The van der Waals surface area contributed by atoms with E-state index >= 15 is 0 Å². The van der Waals surface area contributed by atoms with E-state index in [1.807, 2.05) is 30.5 Å². The Morgan fingerprint density at radius 2 is 1.95 bits per heavy atom. The van der Waals surface area contributed by atoms with Crippen LogP contribution in [0.5, 0.6) is 0 Å². The lowest BCUT2D eigenvalue weighted by atomic mass is 10.2. The summed E-state index contributed by atoms with van der Waals surface area (Å²) in [4.78, 5) is 0. The van der Waals surface area contributed by atoms with E-state index < -0.39 is 0 Å². The second kappa shape index (κ2) is 6.48. The van der Waals surface area contributed by atoms with Crippen LogP contribution >= 0.6 is 35.4 Å². The molecular weight excluding hydrogens is 341 g/mol. The van der Waals surface area contributed by atoms with Gasteiger partial charge in [-0.1, -0.05) is 41.4 Å². The Labute approximate surface area is 142 Å². The lowest BCUT2D eigenvalue weighted by molar-refractivity contribution is 0.687. The molecule has 0 spiro atoms. The van der Waals surface area contributed by atoms with E-state index in [2.05, 4.69) is 15.5 Å². The second-order valence-corrected chi connectivity index (χ2v) is 5.78. The van der Waals surface area contributed by atoms with Crippen molar-refractivity contribution in [3.05, 3.63) is 64.7 Å². The van der Waals surface area contributed by atoms with Gasteiger partial charge in [0.05, 0.1) is 35.8 Å². The van der Waals surface area contributed by atoms with E-state index in [1.54, 1.807) is 17.1 Å². The Kier molecular flexibility index (Phi) is 4.42. The number of rotatable bonds is 3. The van der Waals surface area contributed by atoms with Gasteiger partial charge in [0.2, 0.25) is 0 Å². The number of hydrogen-bond acceptors (Lipinski definition) is 3. The summed E-state index contributed by atoms with van der Waals surface area (Å²) in [6.45, 7) is 0.585. The molecule has 0 unspecified atom stereocenters. The van der Waals surface area contributed by atoms with Gasteiger partial charge in [0, 0.05) is 11.2 Å². The van der Waals surface area contributed by atoms with E-state index in [0.29, 0.717) is 21.7 Å². The largest absolute Gasteiger partial charge is 0.328 e. The third-order valence-corrected chi connectivity index (χ3v) is 3.79. The summed E-state index contributed by atoms with van der Waals surface area (Å²) in [6.07, 6.45) is 6.69. The van der Waals surface area contributed by atoms with E-state index in [9.17, 15) is 0 Å². The fraction of sp³-hybridized carbons (Fsp3) is 0.0714. The third-order valence-electron chi connectivity index (χ3n) is 2.93. The molecule has 2 aromatic heterocycles. The van der Waals surface area contributed by atoms with Gasteiger partial charge in [-0.3, -0.25) is 4.68 Å². The zero-order chi connectivity index (χ0) is 15.5. The Bertz CT molecular complexity index is 811. The lowest BCUT2D eigenvalue weighted by Crippen LogP contribution is -2.19. The highest BCUT2D eigenvalue weighted by molar-refractivity contribution is 7.80. The number of halogens is 2. The van der Waals surface area contributed by atoms with Crippen LogP contribution in [0.25, 0.3) is 0 Å². The summed E-state index contributed by atoms with van der Waals surface area (Å²) in [5.74, 6) is 0. The van der Waals surface area contributed by atoms with Gasteiger partial charge in [0.1, 0.15) is 0 Å². The fourth-order valence-electron chi connectivity index (χ4n) is 1.91. The number of nitrogens with zero attached hydrogens (tertiary/aromatic N) is 4. The normalized spacial score (nSPS) is 10.6. The molecule has 1 N–H and O–H groups in total. The Morgan fingerprint density at radius 1 is 1.14 bits per heavy atom. The highest BCUT2D eigenvalue weighted by Crippen LogP contribution is 2.17. The number of benzene rings is 1. The van der Waals surface area contributed by atoms with Crippen molar-refractivity contribution in [1.82, 2.24) is 19.6 Å². The van der Waals surface area contributed by atoms with Crippen molar-refractivity contribution in [3.63, 3.8) is 0 Å². The summed E-state index contributed by atoms with van der Waals surface area (Å²) in [6, 6.07) is 7.67. The van der Waals surface area contributed by atoms with Crippen molar-refractivity contribution in [3.8, 4) is 0 Å². The molecule has 3 aromatic rings. The molecule has 2 heterocycles. The molecule has 0 amide bonds. The van der Waals surface area contributed by atoms with Gasteiger partial charge in [-0.15, -0.1) is 0 Å². The predicted octanol–water partition coefficient (Wildman–Crippen LogP) is 3.68. The van der Waals surface area contributed by atoms with Crippen LogP contribution in [-0.4, -0.2) is 24.7 Å². The fourth-order valence-corrected chi connectivity index (χ4v) is 2.46. The summed E-state index contributed by atoms with van der Waals surface area (Å²) in [5, 5.41) is 13.0. The first-order valence-electron chi connectivity index (χ1n) is 6.39. The highest BCUT2D eigenvalue weighted by atomic mass is 35.5. The summed E-state index contributed by atoms with van der Waals surface area (Å²) in [7, 11) is 0. The molecule has 0 saturated heterocycles. The van der Waals surface area contributed by atoms with Crippen LogP contribution in [0.15, 0.2) is 49.1 Å². The molecule has 0 aliphatic heterocycles. The van der Waals surface area contributed by atoms with Gasteiger partial charge in [-0.2, -0.15) is 10.2 Å². The molecule has 0 bridgehead atoms. The molecule has 0 aliphatic rings. The minimum Gasteiger partial charge on any atom is -0.328 e. The molecule has 0 fully saturated rings. The first kappa shape index (κ1) is 15.0. The van der Waals surface area contributed by atoms with Crippen molar-refractivity contribution in [2.24, 2.45) is 0 Å². The highest BCUT2D eigenvalue weighted by Gasteiger charge is 2.06. The molecule has 5 nitrogen and oxygen atoms in total. The first-order chi connectivity index (χ1) is 10.6. The quantitative estimate of drug-likeness (QED) is 0.731. The molecule has 0 radical (unpaired) electrons. The number of nitrogens with one attached hydrogen (secondary N) is 1. The van der Waals surface area contributed by atoms with Gasteiger partial charge in [0.25, 0.3) is 0 Å². The van der Waals surface area contributed by atoms with E-state index in [0.717, 1.165) is 11.3 Å². The molecule has 1 aromatic carbocycles. The lowest BCUT2D eigenvalue weighted by Gasteiger charge is -2.05. The third kappa shape index (κ3) is 3.47. The number of aromatic nitrogens is 4. The van der Waals surface area contributed by atoms with E-state index in [-0.39, 0.29) is 0 Å². The summed E-state index contributed by atoms with van der Waals surface area (Å²) < 4.78 is 3.27. The van der Waals surface area contributed by atoms with Crippen LogP contribution in [0.1, 0.15) is 5.56 Å². The van der Waals surface area contributed by atoms with Crippen molar-refractivity contribution in [2.75, 3.05) is 5.32 Å². The van der Waals surface area contributed by atoms with Crippen LogP contribution in [0, 0.1) is 0 Å². The molecule has 0 aliphatic carbocycles. The zero-order valence-electron chi connectivity index (χ0n) is 11.3. The van der Waals surface area contributed by atoms with Crippen LogP contribution in [0.2, 0.25) is 10.0 Å². The summed E-state index contributed by atoms with van der Waals surface area (Å²) >= 11 is 17.2. The maximum Gasteiger partial charge on any atom is 0.198 e. The van der Waals surface area contributed by atoms with Gasteiger partial charge in [-0.05, 0) is 23.8 Å². The van der Waals surface area contributed by atoms with Crippen molar-refractivity contribution >= 4 is 46.2 Å². The minimum absolute atomic E-state index is 0.421. The molecule has 3 rings (SSSR count). The zero-order valence-corrected chi connectivity index (χ0v) is 13.6. The predicted molar refractivity (Wildman–Crippen MR) is 91.6 cm³/mol. The van der Waals surface area contributed by atoms with Crippen LogP contribution in [0.3, 0.4) is 0 Å². The van der Waals surface area contributed by atoms with Crippen LogP contribution in [-0.2, 0) is 6.54 Å². The topological polar surface area (TPSA) is 47.7 Å². The monoisotopic (exact) mass is 351 g/mol. The number of hydrogen-bond donors (Lipinski definition) is 1. The van der Waals surface area contributed by atoms with Gasteiger partial charge in [0.15, 0.2) is 5.11 Å². The molecule has 0 saturated carbocycles. The van der Waals surface area contributed by atoms with Crippen molar-refractivity contribution in [2.45, 2.75) is 6.54 Å². The average molecular weight is 352 g/mol. The summed E-state index contributed by atoms with van der Waals surface area (Å²) in [5.41, 5.74) is 1.77. The van der Waals surface area contributed by atoms with Crippen molar-refractivity contribution in [1.29, 1.82) is 0 Å². The van der Waals surface area contributed by atoms with Crippen molar-refractivity contribution < 1.29 is 0 Å². The molecule has 112 valence electrons. The van der Waals surface area contributed by atoms with E-state index in [4.69, 9.17) is 35.4 Å². The second-order valence-electron chi connectivity index (χ2n) is 4.55. The van der Waals surface area contributed by atoms with Crippen LogP contribution < -0.4 is 5.32 Å². The SMILES string of the molecule is S=C(Nc1cnn(Cc2ccccc2Cl)c1)n1cc(Cl)cn1. The average Bonchev–Trinajstić information content (AvgIpc) is 3.11.